The lowest BCUT2D eigenvalue weighted by Crippen LogP contribution is -2.36. The van der Waals surface area contributed by atoms with Gasteiger partial charge in [-0.2, -0.15) is 5.26 Å². The van der Waals surface area contributed by atoms with E-state index in [9.17, 15) is 4.39 Å². The van der Waals surface area contributed by atoms with E-state index in [-0.39, 0.29) is 0 Å². The van der Waals surface area contributed by atoms with E-state index >= 15 is 0 Å². The lowest BCUT2D eigenvalue weighted by molar-refractivity contribution is 0.141. The number of hydrogen-bond acceptors (Lipinski definition) is 2. The minimum Gasteiger partial charge on any atom is -0.299 e. The van der Waals surface area contributed by atoms with E-state index < -0.39 is 6.17 Å². The van der Waals surface area contributed by atoms with Gasteiger partial charge in [-0.1, -0.05) is 0 Å². The molecule has 0 aromatic heterocycles. The summed E-state index contributed by atoms with van der Waals surface area (Å²) in [7, 11) is 0. The second kappa shape index (κ2) is 4.30. The first-order valence-electron chi connectivity index (χ1n) is 4.06. The largest absolute Gasteiger partial charge is 0.299 e. The van der Waals surface area contributed by atoms with Crippen molar-refractivity contribution in [2.24, 2.45) is 0 Å². The van der Waals surface area contributed by atoms with Crippen molar-refractivity contribution in [1.29, 1.82) is 5.26 Å². The molecule has 0 aromatic carbocycles. The Morgan fingerprint density at radius 1 is 1.64 bits per heavy atom. The van der Waals surface area contributed by atoms with E-state index in [0.717, 1.165) is 19.5 Å². The van der Waals surface area contributed by atoms with E-state index in [4.69, 9.17) is 5.26 Å². The molecule has 1 fully saturated rings. The lowest BCUT2D eigenvalue weighted by Gasteiger charge is -2.27. The Labute approximate surface area is 66.6 Å². The van der Waals surface area contributed by atoms with Crippen molar-refractivity contribution in [2.75, 3.05) is 19.6 Å². The van der Waals surface area contributed by atoms with Crippen molar-refractivity contribution >= 4 is 0 Å². The molecule has 0 radical (unpaired) electrons. The fourth-order valence-corrected chi connectivity index (χ4v) is 1.41. The molecule has 0 bridgehead atoms. The van der Waals surface area contributed by atoms with Gasteiger partial charge < -0.3 is 0 Å². The van der Waals surface area contributed by atoms with Crippen LogP contribution < -0.4 is 0 Å². The number of hydrogen-bond donors (Lipinski definition) is 0. The van der Waals surface area contributed by atoms with E-state index in [1.54, 1.807) is 0 Å². The number of halogens is 1. The van der Waals surface area contributed by atoms with Gasteiger partial charge in [-0.15, -0.1) is 0 Å². The molecule has 62 valence electrons. The molecule has 1 atom stereocenters. The summed E-state index contributed by atoms with van der Waals surface area (Å²) in [5, 5.41) is 8.29. The average Bonchev–Trinajstić information content (AvgIpc) is 2.01. The van der Waals surface area contributed by atoms with Crippen LogP contribution in [0.1, 0.15) is 19.3 Å². The smallest absolute Gasteiger partial charge is 0.113 e. The molecule has 0 aliphatic carbocycles. The third kappa shape index (κ3) is 2.85. The molecule has 0 amide bonds. The molecule has 1 unspecified atom stereocenters. The molecule has 0 saturated carbocycles. The molecule has 1 saturated heterocycles. The summed E-state index contributed by atoms with van der Waals surface area (Å²) in [6.45, 7) is 2.22. The fraction of sp³-hybridized carbons (Fsp3) is 0.875. The molecular formula is C8H13FN2. The maximum absolute atomic E-state index is 12.7. The summed E-state index contributed by atoms with van der Waals surface area (Å²) in [6, 6.07) is 2.07. The van der Waals surface area contributed by atoms with Gasteiger partial charge in [-0.05, 0) is 19.4 Å². The summed E-state index contributed by atoms with van der Waals surface area (Å²) in [6.07, 6.45) is 1.49. The highest BCUT2D eigenvalue weighted by molar-refractivity contribution is 4.77. The maximum Gasteiger partial charge on any atom is 0.113 e. The predicted octanol–water partition coefficient (Wildman–Crippen LogP) is 1.33. The van der Waals surface area contributed by atoms with Crippen LogP contribution >= 0.6 is 0 Å². The van der Waals surface area contributed by atoms with Crippen LogP contribution in [0.3, 0.4) is 0 Å². The monoisotopic (exact) mass is 156 g/mol. The molecule has 11 heavy (non-hydrogen) atoms. The SMILES string of the molecule is N#CCCN1CCCC(F)C1. The third-order valence-corrected chi connectivity index (χ3v) is 1.99. The van der Waals surface area contributed by atoms with Crippen LogP contribution in [0.25, 0.3) is 0 Å². The van der Waals surface area contributed by atoms with Gasteiger partial charge in [0.1, 0.15) is 6.17 Å². The highest BCUT2D eigenvalue weighted by Gasteiger charge is 2.17. The summed E-state index contributed by atoms with van der Waals surface area (Å²) < 4.78 is 12.7. The number of piperidine rings is 1. The van der Waals surface area contributed by atoms with E-state index in [0.29, 0.717) is 19.4 Å². The number of nitriles is 1. The highest BCUT2D eigenvalue weighted by atomic mass is 19.1. The van der Waals surface area contributed by atoms with Gasteiger partial charge in [0, 0.05) is 19.5 Å². The molecule has 1 heterocycles. The summed E-state index contributed by atoms with van der Waals surface area (Å²) >= 11 is 0. The molecule has 0 aromatic rings. The van der Waals surface area contributed by atoms with E-state index in [1.807, 2.05) is 4.90 Å². The van der Waals surface area contributed by atoms with Gasteiger partial charge >= 0.3 is 0 Å². The van der Waals surface area contributed by atoms with Crippen molar-refractivity contribution < 1.29 is 4.39 Å². The number of nitrogens with zero attached hydrogens (tertiary/aromatic N) is 2. The first kappa shape index (κ1) is 8.48. The van der Waals surface area contributed by atoms with Crippen LogP contribution in [0.4, 0.5) is 4.39 Å². The quantitative estimate of drug-likeness (QED) is 0.603. The maximum atomic E-state index is 12.7. The second-order valence-electron chi connectivity index (χ2n) is 2.95. The standard InChI is InChI=1S/C8H13FN2/c9-8-3-1-5-11(7-8)6-2-4-10/h8H,1-3,5-7H2. The summed E-state index contributed by atoms with van der Waals surface area (Å²) in [5.74, 6) is 0. The minimum atomic E-state index is -0.664. The van der Waals surface area contributed by atoms with Gasteiger partial charge in [0.15, 0.2) is 0 Å². The Kier molecular flexibility index (Phi) is 3.31. The van der Waals surface area contributed by atoms with Crippen molar-refractivity contribution in [2.45, 2.75) is 25.4 Å². The number of rotatable bonds is 2. The highest BCUT2D eigenvalue weighted by Crippen LogP contribution is 2.12. The molecule has 0 spiro atoms. The van der Waals surface area contributed by atoms with Crippen molar-refractivity contribution in [1.82, 2.24) is 4.90 Å². The zero-order valence-corrected chi connectivity index (χ0v) is 6.59. The Balaban J connectivity index is 2.18. The average molecular weight is 156 g/mol. The van der Waals surface area contributed by atoms with Crippen LogP contribution in [-0.2, 0) is 0 Å². The van der Waals surface area contributed by atoms with Crippen molar-refractivity contribution in [3.8, 4) is 6.07 Å². The third-order valence-electron chi connectivity index (χ3n) is 1.99. The number of likely N-dealkylation sites (tertiary alicyclic amines) is 1. The molecule has 2 nitrogen and oxygen atoms in total. The van der Waals surface area contributed by atoms with Crippen LogP contribution in [-0.4, -0.2) is 30.7 Å². The Morgan fingerprint density at radius 3 is 3.09 bits per heavy atom. The Hall–Kier alpha value is -0.620. The van der Waals surface area contributed by atoms with Crippen LogP contribution in [0.15, 0.2) is 0 Å². The lowest BCUT2D eigenvalue weighted by atomic mass is 10.1. The van der Waals surface area contributed by atoms with Crippen LogP contribution in [0.5, 0.6) is 0 Å². The van der Waals surface area contributed by atoms with Gasteiger partial charge in [-0.3, -0.25) is 4.90 Å². The van der Waals surface area contributed by atoms with Gasteiger partial charge in [0.25, 0.3) is 0 Å². The molecule has 1 rings (SSSR count). The van der Waals surface area contributed by atoms with Crippen LogP contribution in [0.2, 0.25) is 0 Å². The molecule has 1 aliphatic rings. The van der Waals surface area contributed by atoms with E-state index in [2.05, 4.69) is 6.07 Å². The van der Waals surface area contributed by atoms with Crippen LogP contribution in [0, 0.1) is 11.3 Å². The topological polar surface area (TPSA) is 27.0 Å². The first-order valence-corrected chi connectivity index (χ1v) is 4.06. The zero-order valence-electron chi connectivity index (χ0n) is 6.59. The molecule has 0 N–H and O–H groups in total. The molecule has 3 heteroatoms. The van der Waals surface area contributed by atoms with Gasteiger partial charge in [0.05, 0.1) is 6.07 Å². The predicted molar refractivity (Wildman–Crippen MR) is 40.8 cm³/mol. The van der Waals surface area contributed by atoms with Crippen molar-refractivity contribution in [3.63, 3.8) is 0 Å². The number of alkyl halides is 1. The molecular weight excluding hydrogens is 143 g/mol. The summed E-state index contributed by atoms with van der Waals surface area (Å²) in [4.78, 5) is 2.03. The summed E-state index contributed by atoms with van der Waals surface area (Å²) in [5.41, 5.74) is 0. The Bertz CT molecular complexity index is 153. The van der Waals surface area contributed by atoms with Gasteiger partial charge in [-0.25, -0.2) is 4.39 Å². The zero-order chi connectivity index (χ0) is 8.10. The first-order chi connectivity index (χ1) is 5.33. The normalized spacial score (nSPS) is 26.4. The fourth-order valence-electron chi connectivity index (χ4n) is 1.41. The van der Waals surface area contributed by atoms with E-state index in [1.165, 1.54) is 0 Å². The minimum absolute atomic E-state index is 0.521. The van der Waals surface area contributed by atoms with Crippen molar-refractivity contribution in [3.05, 3.63) is 0 Å². The van der Waals surface area contributed by atoms with Gasteiger partial charge in [0.2, 0.25) is 0 Å². The second-order valence-corrected chi connectivity index (χ2v) is 2.95. The Morgan fingerprint density at radius 2 is 2.45 bits per heavy atom. The molecule has 1 aliphatic heterocycles.